The van der Waals surface area contributed by atoms with Gasteiger partial charge in [0.05, 0.1) is 19.3 Å². The Morgan fingerprint density at radius 3 is 2.55 bits per heavy atom. The fourth-order valence-electron chi connectivity index (χ4n) is 3.47. The van der Waals surface area contributed by atoms with Crippen molar-refractivity contribution in [2.45, 2.75) is 31.5 Å². The first-order chi connectivity index (χ1) is 10.7. The number of likely N-dealkylation sites (tertiary alicyclic amines) is 1. The van der Waals surface area contributed by atoms with E-state index in [0.717, 1.165) is 44.4 Å². The minimum atomic E-state index is 0.000784. The molecular weight excluding hydrogens is 300 g/mol. The van der Waals surface area contributed by atoms with Crippen LogP contribution in [0.4, 0.5) is 0 Å². The first-order valence-corrected chi connectivity index (χ1v) is 8.55. The van der Waals surface area contributed by atoms with Gasteiger partial charge in [0.25, 0.3) is 0 Å². The van der Waals surface area contributed by atoms with E-state index >= 15 is 0 Å². The highest BCUT2D eigenvalue weighted by atomic mass is 35.5. The molecule has 22 heavy (non-hydrogen) atoms. The molecule has 1 aromatic carbocycles. The van der Waals surface area contributed by atoms with Crippen LogP contribution in [0.3, 0.4) is 0 Å². The summed E-state index contributed by atoms with van der Waals surface area (Å²) in [5.41, 5.74) is 1.33. The molecule has 0 amide bonds. The number of morpholine rings is 1. The van der Waals surface area contributed by atoms with Crippen molar-refractivity contribution in [1.29, 1.82) is 0 Å². The van der Waals surface area contributed by atoms with Gasteiger partial charge in [-0.1, -0.05) is 23.7 Å². The van der Waals surface area contributed by atoms with Crippen LogP contribution in [0.5, 0.6) is 0 Å². The summed E-state index contributed by atoms with van der Waals surface area (Å²) in [6.07, 6.45) is 2.40. The van der Waals surface area contributed by atoms with Gasteiger partial charge in [-0.3, -0.25) is 9.80 Å². The molecule has 2 fully saturated rings. The minimum absolute atomic E-state index is 0.000784. The molecule has 0 aliphatic carbocycles. The summed E-state index contributed by atoms with van der Waals surface area (Å²) >= 11 is 5.94. The lowest BCUT2D eigenvalue weighted by Gasteiger charge is -2.42. The molecule has 3 rings (SSSR count). The van der Waals surface area contributed by atoms with Crippen molar-refractivity contribution in [2.75, 3.05) is 39.4 Å². The van der Waals surface area contributed by atoms with Gasteiger partial charge in [-0.15, -0.1) is 0 Å². The zero-order valence-electron chi connectivity index (χ0n) is 13.0. The summed E-state index contributed by atoms with van der Waals surface area (Å²) < 4.78 is 5.55. The van der Waals surface area contributed by atoms with Crippen molar-refractivity contribution in [3.63, 3.8) is 0 Å². The average molecular weight is 325 g/mol. The maximum atomic E-state index is 9.26. The molecular formula is C17H25ClN2O2. The standard InChI is InChI=1S/C17H25ClN2O2/c18-15-3-1-14(2-4-15)11-19-7-5-16(6-8-19)20-9-10-22-17(12-20)13-21/h1-4,16-17,21H,5-13H2. The summed E-state index contributed by atoms with van der Waals surface area (Å²) in [6, 6.07) is 8.79. The number of ether oxygens (including phenoxy) is 1. The molecule has 1 atom stereocenters. The van der Waals surface area contributed by atoms with E-state index in [0.29, 0.717) is 6.04 Å². The van der Waals surface area contributed by atoms with Crippen molar-refractivity contribution in [1.82, 2.24) is 9.80 Å². The maximum Gasteiger partial charge on any atom is 0.0932 e. The molecule has 2 heterocycles. The van der Waals surface area contributed by atoms with Crippen LogP contribution in [0.25, 0.3) is 0 Å². The average Bonchev–Trinajstić information content (AvgIpc) is 2.58. The Morgan fingerprint density at radius 2 is 1.86 bits per heavy atom. The number of benzene rings is 1. The summed E-state index contributed by atoms with van der Waals surface area (Å²) in [6.45, 7) is 6.02. The normalized spacial score (nSPS) is 25.5. The number of nitrogens with zero attached hydrogens (tertiary/aromatic N) is 2. The molecule has 0 saturated carbocycles. The van der Waals surface area contributed by atoms with Gasteiger partial charge in [0, 0.05) is 30.7 Å². The van der Waals surface area contributed by atoms with E-state index in [9.17, 15) is 5.11 Å². The van der Waals surface area contributed by atoms with Crippen LogP contribution < -0.4 is 0 Å². The molecule has 5 heteroatoms. The van der Waals surface area contributed by atoms with E-state index in [4.69, 9.17) is 16.3 Å². The van der Waals surface area contributed by atoms with Crippen molar-refractivity contribution >= 4 is 11.6 Å². The second-order valence-electron chi connectivity index (χ2n) is 6.30. The molecule has 4 nitrogen and oxygen atoms in total. The number of aliphatic hydroxyl groups excluding tert-OH is 1. The fraction of sp³-hybridized carbons (Fsp3) is 0.647. The van der Waals surface area contributed by atoms with E-state index in [2.05, 4.69) is 21.9 Å². The highest BCUT2D eigenvalue weighted by molar-refractivity contribution is 6.30. The van der Waals surface area contributed by atoms with Crippen molar-refractivity contribution in [3.8, 4) is 0 Å². The fourth-order valence-corrected chi connectivity index (χ4v) is 3.60. The third kappa shape index (κ3) is 4.21. The first kappa shape index (κ1) is 16.2. The summed E-state index contributed by atoms with van der Waals surface area (Å²) in [5.74, 6) is 0. The maximum absolute atomic E-state index is 9.26. The van der Waals surface area contributed by atoms with Gasteiger partial charge in [0.1, 0.15) is 0 Å². The quantitative estimate of drug-likeness (QED) is 0.919. The molecule has 1 N–H and O–H groups in total. The van der Waals surface area contributed by atoms with Crippen molar-refractivity contribution < 1.29 is 9.84 Å². The predicted molar refractivity (Wildman–Crippen MR) is 88.1 cm³/mol. The predicted octanol–water partition coefficient (Wildman–Crippen LogP) is 2.00. The van der Waals surface area contributed by atoms with Crippen LogP contribution in [0.15, 0.2) is 24.3 Å². The molecule has 1 aromatic rings. The van der Waals surface area contributed by atoms with Crippen LogP contribution in [0.1, 0.15) is 18.4 Å². The third-order valence-corrected chi connectivity index (χ3v) is 5.02. The van der Waals surface area contributed by atoms with Gasteiger partial charge in [-0.25, -0.2) is 0 Å². The second kappa shape index (κ2) is 7.75. The lowest BCUT2D eigenvalue weighted by Crippen LogP contribution is -2.52. The molecule has 0 radical (unpaired) electrons. The van der Waals surface area contributed by atoms with Crippen LogP contribution in [0.2, 0.25) is 5.02 Å². The lowest BCUT2D eigenvalue weighted by molar-refractivity contribution is -0.0713. The topological polar surface area (TPSA) is 35.9 Å². The number of piperidine rings is 1. The molecule has 0 aromatic heterocycles. The second-order valence-corrected chi connectivity index (χ2v) is 6.74. The molecule has 0 bridgehead atoms. The summed E-state index contributed by atoms with van der Waals surface area (Å²) in [4.78, 5) is 5.02. The van der Waals surface area contributed by atoms with Gasteiger partial charge in [-0.2, -0.15) is 0 Å². The highest BCUT2D eigenvalue weighted by Gasteiger charge is 2.28. The first-order valence-electron chi connectivity index (χ1n) is 8.18. The Bertz CT molecular complexity index is 460. The van der Waals surface area contributed by atoms with Gasteiger partial charge in [-0.05, 0) is 43.6 Å². The zero-order valence-corrected chi connectivity index (χ0v) is 13.7. The smallest absolute Gasteiger partial charge is 0.0932 e. The number of rotatable bonds is 4. The van der Waals surface area contributed by atoms with E-state index < -0.39 is 0 Å². The minimum Gasteiger partial charge on any atom is -0.394 e. The van der Waals surface area contributed by atoms with Crippen LogP contribution in [-0.2, 0) is 11.3 Å². The number of halogens is 1. The summed E-state index contributed by atoms with van der Waals surface area (Å²) in [7, 11) is 0. The van der Waals surface area contributed by atoms with Crippen LogP contribution in [-0.4, -0.2) is 66.4 Å². The molecule has 0 spiro atoms. The molecule has 1 unspecified atom stereocenters. The Morgan fingerprint density at radius 1 is 1.14 bits per heavy atom. The van der Waals surface area contributed by atoms with Gasteiger partial charge >= 0.3 is 0 Å². The Kier molecular flexibility index (Phi) is 5.71. The lowest BCUT2D eigenvalue weighted by atomic mass is 10.0. The van der Waals surface area contributed by atoms with E-state index in [1.807, 2.05) is 12.1 Å². The van der Waals surface area contributed by atoms with Gasteiger partial charge < -0.3 is 9.84 Å². The van der Waals surface area contributed by atoms with Crippen LogP contribution in [0, 0.1) is 0 Å². The zero-order chi connectivity index (χ0) is 15.4. The molecule has 2 aliphatic heterocycles. The SMILES string of the molecule is OCC1CN(C2CCN(Cc3ccc(Cl)cc3)CC2)CCO1. The van der Waals surface area contributed by atoms with E-state index in [1.54, 1.807) is 0 Å². The van der Waals surface area contributed by atoms with E-state index in [-0.39, 0.29) is 12.7 Å². The highest BCUT2D eigenvalue weighted by Crippen LogP contribution is 2.21. The van der Waals surface area contributed by atoms with Crippen molar-refractivity contribution in [2.24, 2.45) is 0 Å². The summed E-state index contributed by atoms with van der Waals surface area (Å²) in [5, 5.41) is 10.1. The van der Waals surface area contributed by atoms with Crippen molar-refractivity contribution in [3.05, 3.63) is 34.9 Å². The molecule has 2 saturated heterocycles. The number of hydrogen-bond acceptors (Lipinski definition) is 4. The molecule has 122 valence electrons. The monoisotopic (exact) mass is 324 g/mol. The Labute approximate surface area is 137 Å². The Balaban J connectivity index is 1.46. The Hall–Kier alpha value is -0.650. The number of hydrogen-bond donors (Lipinski definition) is 1. The largest absolute Gasteiger partial charge is 0.394 e. The van der Waals surface area contributed by atoms with Crippen LogP contribution >= 0.6 is 11.6 Å². The number of aliphatic hydroxyl groups is 1. The van der Waals surface area contributed by atoms with Gasteiger partial charge in [0.2, 0.25) is 0 Å². The van der Waals surface area contributed by atoms with E-state index in [1.165, 1.54) is 18.4 Å². The van der Waals surface area contributed by atoms with Gasteiger partial charge in [0.15, 0.2) is 0 Å². The molecule has 2 aliphatic rings. The third-order valence-electron chi connectivity index (χ3n) is 4.77.